The Morgan fingerprint density at radius 1 is 1.11 bits per heavy atom. The zero-order valence-electron chi connectivity index (χ0n) is 15.5. The summed E-state index contributed by atoms with van der Waals surface area (Å²) >= 11 is 1.56. The highest BCUT2D eigenvalue weighted by Gasteiger charge is 2.33. The largest absolute Gasteiger partial charge is 0.466 e. The van der Waals surface area contributed by atoms with E-state index in [1.54, 1.807) is 11.8 Å². The first kappa shape index (κ1) is 19.5. The van der Waals surface area contributed by atoms with E-state index in [0.717, 1.165) is 23.3 Å². The van der Waals surface area contributed by atoms with Crippen molar-refractivity contribution >= 4 is 23.6 Å². The van der Waals surface area contributed by atoms with Gasteiger partial charge in [-0.05, 0) is 37.5 Å². The Bertz CT molecular complexity index is 751. The van der Waals surface area contributed by atoms with Gasteiger partial charge >= 0.3 is 5.97 Å². The summed E-state index contributed by atoms with van der Waals surface area (Å²) in [6, 6.07) is 19.8. The van der Waals surface area contributed by atoms with Crippen LogP contribution >= 0.6 is 11.8 Å². The molecule has 1 aliphatic heterocycles. The number of ether oxygens (including phenoxy) is 1. The van der Waals surface area contributed by atoms with Crippen molar-refractivity contribution in [3.8, 4) is 0 Å². The Morgan fingerprint density at radius 2 is 1.78 bits per heavy atom. The Hall–Kier alpha value is -2.27. The second-order valence-corrected chi connectivity index (χ2v) is 7.78. The average molecular weight is 384 g/mol. The minimum absolute atomic E-state index is 0.0593. The van der Waals surface area contributed by atoms with Crippen LogP contribution in [0.2, 0.25) is 0 Å². The Labute approximate surface area is 164 Å². The van der Waals surface area contributed by atoms with E-state index < -0.39 is 0 Å². The van der Waals surface area contributed by atoms with Crippen molar-refractivity contribution in [3.63, 3.8) is 0 Å². The topological polar surface area (TPSA) is 46.6 Å². The number of nitrogens with zero attached hydrogens (tertiary/aromatic N) is 1. The third-order valence-corrected chi connectivity index (χ3v) is 5.93. The smallest absolute Gasteiger partial charge is 0.310 e. The lowest BCUT2D eigenvalue weighted by Gasteiger charge is -2.34. The fraction of sp³-hybridized carbons (Fsp3) is 0.364. The maximum atomic E-state index is 13.4. The number of esters is 1. The Kier molecular flexibility index (Phi) is 6.93. The fourth-order valence-electron chi connectivity index (χ4n) is 3.32. The molecular weight excluding hydrogens is 358 g/mol. The van der Waals surface area contributed by atoms with Crippen LogP contribution in [0.25, 0.3) is 0 Å². The Balaban J connectivity index is 1.79. The van der Waals surface area contributed by atoms with Crippen LogP contribution in [0.4, 0.5) is 0 Å². The van der Waals surface area contributed by atoms with Crippen LogP contribution in [-0.2, 0) is 14.3 Å². The van der Waals surface area contributed by atoms with E-state index in [4.69, 9.17) is 4.74 Å². The minimum Gasteiger partial charge on any atom is -0.466 e. The predicted molar refractivity (Wildman–Crippen MR) is 107 cm³/mol. The van der Waals surface area contributed by atoms with Crippen molar-refractivity contribution in [2.24, 2.45) is 5.92 Å². The molecule has 0 spiro atoms. The second kappa shape index (κ2) is 9.60. The second-order valence-electron chi connectivity index (χ2n) is 6.60. The fourth-order valence-corrected chi connectivity index (χ4v) is 4.45. The number of amides is 1. The minimum atomic E-state index is -0.324. The number of hydrogen-bond acceptors (Lipinski definition) is 4. The maximum Gasteiger partial charge on any atom is 0.310 e. The van der Waals surface area contributed by atoms with Crippen LogP contribution in [-0.4, -0.2) is 36.5 Å². The van der Waals surface area contributed by atoms with Crippen molar-refractivity contribution in [1.82, 2.24) is 4.90 Å². The van der Waals surface area contributed by atoms with E-state index in [-0.39, 0.29) is 23.0 Å². The lowest BCUT2D eigenvalue weighted by atomic mass is 9.97. The average Bonchev–Trinajstić information content (AvgIpc) is 2.73. The quantitative estimate of drug-likeness (QED) is 0.550. The number of carbonyl (C=O) groups is 2. The number of piperidine rings is 1. The summed E-state index contributed by atoms with van der Waals surface area (Å²) in [6.07, 6.45) is 1.61. The van der Waals surface area contributed by atoms with Gasteiger partial charge in [-0.3, -0.25) is 9.59 Å². The van der Waals surface area contributed by atoms with E-state index in [1.807, 2.05) is 72.5 Å². The van der Waals surface area contributed by atoms with Crippen molar-refractivity contribution < 1.29 is 14.3 Å². The number of carbonyl (C=O) groups excluding carboxylic acids is 2. The first-order valence-corrected chi connectivity index (χ1v) is 10.3. The summed E-state index contributed by atoms with van der Waals surface area (Å²) in [5.74, 6) is -0.355. The molecule has 27 heavy (non-hydrogen) atoms. The van der Waals surface area contributed by atoms with Crippen molar-refractivity contribution in [2.75, 3.05) is 19.7 Å². The van der Waals surface area contributed by atoms with E-state index >= 15 is 0 Å². The van der Waals surface area contributed by atoms with Crippen LogP contribution in [0.3, 0.4) is 0 Å². The van der Waals surface area contributed by atoms with Gasteiger partial charge in [-0.15, -0.1) is 11.8 Å². The van der Waals surface area contributed by atoms with E-state index in [2.05, 4.69) is 0 Å². The van der Waals surface area contributed by atoms with Gasteiger partial charge in [-0.25, -0.2) is 0 Å². The van der Waals surface area contributed by atoms with Gasteiger partial charge in [-0.1, -0.05) is 48.5 Å². The summed E-state index contributed by atoms with van der Waals surface area (Å²) in [7, 11) is 0. The van der Waals surface area contributed by atoms with E-state index in [0.29, 0.717) is 19.7 Å². The predicted octanol–water partition coefficient (Wildman–Crippen LogP) is 4.32. The first-order chi connectivity index (χ1) is 13.2. The van der Waals surface area contributed by atoms with E-state index in [9.17, 15) is 9.59 Å². The maximum absolute atomic E-state index is 13.4. The molecule has 1 amide bonds. The summed E-state index contributed by atoms with van der Waals surface area (Å²) < 4.78 is 5.17. The zero-order chi connectivity index (χ0) is 19.1. The molecule has 1 aliphatic rings. The first-order valence-electron chi connectivity index (χ1n) is 9.41. The van der Waals surface area contributed by atoms with Gasteiger partial charge < -0.3 is 9.64 Å². The normalized spacial score (nSPS) is 18.0. The molecule has 142 valence electrons. The summed E-state index contributed by atoms with van der Waals surface area (Å²) in [5.41, 5.74) is 0.981. The molecule has 0 saturated carbocycles. The number of hydrogen-bond donors (Lipinski definition) is 0. The molecular formula is C22H25NO3S. The molecule has 4 nitrogen and oxygen atoms in total. The highest BCUT2D eigenvalue weighted by Crippen LogP contribution is 2.37. The number of rotatable bonds is 6. The third-order valence-electron chi connectivity index (χ3n) is 4.68. The molecule has 1 saturated heterocycles. The van der Waals surface area contributed by atoms with Gasteiger partial charge in [0.2, 0.25) is 5.91 Å². The van der Waals surface area contributed by atoms with Gasteiger partial charge in [-0.2, -0.15) is 0 Å². The van der Waals surface area contributed by atoms with Crippen LogP contribution in [0.1, 0.15) is 30.6 Å². The van der Waals surface area contributed by atoms with Crippen LogP contribution in [0.5, 0.6) is 0 Å². The summed E-state index contributed by atoms with van der Waals surface area (Å²) in [4.78, 5) is 28.4. The molecule has 2 aromatic rings. The molecule has 0 aliphatic carbocycles. The number of thioether (sulfide) groups is 1. The van der Waals surface area contributed by atoms with Crippen molar-refractivity contribution in [1.29, 1.82) is 0 Å². The van der Waals surface area contributed by atoms with Gasteiger partial charge in [0, 0.05) is 18.0 Å². The monoisotopic (exact) mass is 383 g/mol. The molecule has 0 bridgehead atoms. The Morgan fingerprint density at radius 3 is 2.44 bits per heavy atom. The van der Waals surface area contributed by atoms with Gasteiger partial charge in [0.25, 0.3) is 0 Å². The lowest BCUT2D eigenvalue weighted by Crippen LogP contribution is -2.44. The highest BCUT2D eigenvalue weighted by molar-refractivity contribution is 8.00. The summed E-state index contributed by atoms with van der Waals surface area (Å²) in [5, 5.41) is -0.324. The molecule has 2 aromatic carbocycles. The molecule has 5 heteroatoms. The number of benzene rings is 2. The molecule has 0 unspecified atom stereocenters. The van der Waals surface area contributed by atoms with Crippen LogP contribution in [0.15, 0.2) is 65.6 Å². The van der Waals surface area contributed by atoms with Gasteiger partial charge in [0.1, 0.15) is 5.25 Å². The molecule has 1 heterocycles. The van der Waals surface area contributed by atoms with Crippen LogP contribution in [0, 0.1) is 5.92 Å². The zero-order valence-corrected chi connectivity index (χ0v) is 16.4. The molecule has 0 radical (unpaired) electrons. The molecule has 0 N–H and O–H groups in total. The van der Waals surface area contributed by atoms with E-state index in [1.165, 1.54) is 0 Å². The summed E-state index contributed by atoms with van der Waals surface area (Å²) in [6.45, 7) is 3.31. The molecule has 0 aromatic heterocycles. The molecule has 1 fully saturated rings. The SMILES string of the molecule is CCOC(=O)[C@H]1CCCN(C(=O)[C@H](Sc2ccccc2)c2ccccc2)C1. The lowest BCUT2D eigenvalue weighted by molar-refractivity contribution is -0.151. The van der Waals surface area contributed by atoms with Gasteiger partial charge in [0.05, 0.1) is 12.5 Å². The molecule has 3 rings (SSSR count). The highest BCUT2D eigenvalue weighted by atomic mass is 32.2. The van der Waals surface area contributed by atoms with Crippen molar-refractivity contribution in [2.45, 2.75) is 29.9 Å². The van der Waals surface area contributed by atoms with Gasteiger partial charge in [0.15, 0.2) is 0 Å². The number of likely N-dealkylation sites (tertiary alicyclic amines) is 1. The molecule has 2 atom stereocenters. The third kappa shape index (κ3) is 5.13. The van der Waals surface area contributed by atoms with Crippen molar-refractivity contribution in [3.05, 3.63) is 66.2 Å². The van der Waals surface area contributed by atoms with Crippen LogP contribution < -0.4 is 0 Å². The standard InChI is InChI=1S/C22H25NO3S/c1-2-26-22(25)18-12-9-15-23(16-18)21(24)20(17-10-5-3-6-11-17)27-19-13-7-4-8-14-19/h3-8,10-11,13-14,18,20H,2,9,12,15-16H2,1H3/t18-,20+/m0/s1.